The predicted octanol–water partition coefficient (Wildman–Crippen LogP) is 4.05. The Balaban J connectivity index is 0.000000447. The van der Waals surface area contributed by atoms with Crippen LogP contribution in [0.25, 0.3) is 16.2 Å². The molecule has 26 heavy (non-hydrogen) atoms. The van der Waals surface area contributed by atoms with Crippen LogP contribution in [-0.4, -0.2) is 43.4 Å². The lowest BCUT2D eigenvalue weighted by Crippen LogP contribution is -2.07. The van der Waals surface area contributed by atoms with Gasteiger partial charge in [0.15, 0.2) is 0 Å². The van der Waals surface area contributed by atoms with Crippen LogP contribution in [0, 0.1) is 0 Å². The zero-order valence-corrected chi connectivity index (χ0v) is 17.6. The summed E-state index contributed by atoms with van der Waals surface area (Å²) >= 11 is 1.43. The SMILES string of the molecule is CCn1c(Cc2ccnn2-c2nccs2)nc2cnccc21.[CH3][Al]([CH3])[CH3]. The summed E-state index contributed by atoms with van der Waals surface area (Å²) in [5.74, 6) is 7.93. The van der Waals surface area contributed by atoms with Crippen LogP contribution in [0.3, 0.4) is 0 Å². The molecule has 0 aliphatic carbocycles. The molecule has 0 N–H and O–H groups in total. The van der Waals surface area contributed by atoms with Gasteiger partial charge in [-0.15, -0.1) is 28.7 Å². The molecule has 0 unspecified atom stereocenters. The highest BCUT2D eigenvalue weighted by molar-refractivity contribution is 7.12. The standard InChI is InChI=1S/C15H14N6S.3CH3.Al/c1-2-20-13-4-5-16-10-12(13)19-14(20)9-11-3-6-18-21(11)15-17-7-8-22-15;;;;/h3-8,10H,2,9H2,1H3;3*1H3;. The molecule has 0 amide bonds. The number of hydrogen-bond donors (Lipinski definition) is 0. The Labute approximate surface area is 161 Å². The van der Waals surface area contributed by atoms with Gasteiger partial charge in [-0.3, -0.25) is 4.98 Å². The Kier molecular flexibility index (Phi) is 6.20. The minimum atomic E-state index is -0.139. The molecule has 0 aliphatic heterocycles. The van der Waals surface area contributed by atoms with E-state index in [0.29, 0.717) is 6.42 Å². The van der Waals surface area contributed by atoms with Crippen molar-refractivity contribution < 1.29 is 0 Å². The van der Waals surface area contributed by atoms with Crippen molar-refractivity contribution in [3.63, 3.8) is 0 Å². The van der Waals surface area contributed by atoms with Crippen LogP contribution >= 0.6 is 11.3 Å². The van der Waals surface area contributed by atoms with Crippen LogP contribution in [0.4, 0.5) is 0 Å². The third kappa shape index (κ3) is 4.21. The van der Waals surface area contributed by atoms with Gasteiger partial charge in [0.25, 0.3) is 14.1 Å². The lowest BCUT2D eigenvalue weighted by atomic mass is 10.3. The fourth-order valence-corrected chi connectivity index (χ4v) is 3.27. The number of rotatable bonds is 4. The van der Waals surface area contributed by atoms with E-state index in [9.17, 15) is 0 Å². The molecule has 0 saturated heterocycles. The van der Waals surface area contributed by atoms with Gasteiger partial charge in [0.1, 0.15) is 11.3 Å². The summed E-state index contributed by atoms with van der Waals surface area (Å²) in [7, 11) is 0. The van der Waals surface area contributed by atoms with Crippen molar-refractivity contribution in [2.45, 2.75) is 37.2 Å². The molecule has 4 heterocycles. The van der Waals surface area contributed by atoms with Crippen molar-refractivity contribution in [2.24, 2.45) is 0 Å². The Morgan fingerprint density at radius 1 is 1.12 bits per heavy atom. The fourth-order valence-electron chi connectivity index (χ4n) is 2.64. The van der Waals surface area contributed by atoms with Gasteiger partial charge >= 0.3 is 0 Å². The molecule has 0 atom stereocenters. The highest BCUT2D eigenvalue weighted by atomic mass is 32.1. The van der Waals surface area contributed by atoms with E-state index in [1.165, 1.54) is 0 Å². The lowest BCUT2D eigenvalue weighted by molar-refractivity contribution is 0.714. The lowest BCUT2D eigenvalue weighted by Gasteiger charge is -2.07. The van der Waals surface area contributed by atoms with Gasteiger partial charge in [-0.25, -0.2) is 14.6 Å². The van der Waals surface area contributed by atoms with Gasteiger partial charge in [-0.1, -0.05) is 0 Å². The van der Waals surface area contributed by atoms with Crippen molar-refractivity contribution in [3.05, 3.63) is 53.8 Å². The zero-order valence-electron chi connectivity index (χ0n) is 15.6. The number of fused-ring (bicyclic) bond motifs is 1. The minimum absolute atomic E-state index is 0.139. The maximum atomic E-state index is 4.72. The third-order valence-electron chi connectivity index (χ3n) is 3.61. The summed E-state index contributed by atoms with van der Waals surface area (Å²) in [6.07, 6.45) is 7.92. The van der Waals surface area contributed by atoms with Crippen LogP contribution in [-0.2, 0) is 13.0 Å². The monoisotopic (exact) mass is 382 g/mol. The fraction of sp³-hybridized carbons (Fsp3) is 0.333. The molecule has 134 valence electrons. The normalized spacial score (nSPS) is 10.6. The van der Waals surface area contributed by atoms with Crippen LogP contribution < -0.4 is 0 Å². The molecule has 0 aliphatic rings. The summed E-state index contributed by atoms with van der Waals surface area (Å²) in [5.41, 5.74) is 3.13. The molecule has 0 saturated carbocycles. The maximum absolute atomic E-state index is 4.72. The van der Waals surface area contributed by atoms with Crippen molar-refractivity contribution >= 4 is 36.5 Å². The largest absolute Gasteiger partial charge is 0.328 e. The van der Waals surface area contributed by atoms with Gasteiger partial charge in [0.05, 0.1) is 17.4 Å². The van der Waals surface area contributed by atoms with E-state index in [0.717, 1.165) is 34.2 Å². The number of thiazole rings is 1. The van der Waals surface area contributed by atoms with Crippen molar-refractivity contribution in [2.75, 3.05) is 0 Å². The first-order chi connectivity index (χ1) is 12.6. The second-order valence-electron chi connectivity index (χ2n) is 6.59. The number of aryl methyl sites for hydroxylation is 1. The van der Waals surface area contributed by atoms with Crippen LogP contribution in [0.5, 0.6) is 0 Å². The average molecular weight is 382 g/mol. The molecular formula is C18H23AlN6S. The average Bonchev–Trinajstić information content (AvgIpc) is 3.33. The maximum Gasteiger partial charge on any atom is 0.251 e. The Morgan fingerprint density at radius 3 is 2.62 bits per heavy atom. The van der Waals surface area contributed by atoms with Crippen molar-refractivity contribution in [1.82, 2.24) is 29.3 Å². The van der Waals surface area contributed by atoms with Crippen molar-refractivity contribution in [1.29, 1.82) is 0 Å². The number of hydrogen-bond acceptors (Lipinski definition) is 5. The summed E-state index contributed by atoms with van der Waals surface area (Å²) in [6.45, 7) is 3.00. The molecule has 8 heteroatoms. The third-order valence-corrected chi connectivity index (χ3v) is 4.35. The summed E-state index contributed by atoms with van der Waals surface area (Å²) in [4.78, 5) is 13.2. The molecule has 0 aromatic carbocycles. The predicted molar refractivity (Wildman–Crippen MR) is 109 cm³/mol. The quantitative estimate of drug-likeness (QED) is 0.500. The molecule has 0 spiro atoms. The minimum Gasteiger partial charge on any atom is -0.328 e. The van der Waals surface area contributed by atoms with E-state index < -0.39 is 0 Å². The van der Waals surface area contributed by atoms with Crippen LogP contribution in [0.1, 0.15) is 18.4 Å². The Hall–Kier alpha value is -2.01. The van der Waals surface area contributed by atoms with E-state index in [-0.39, 0.29) is 14.1 Å². The van der Waals surface area contributed by atoms with Gasteiger partial charge in [0.2, 0.25) is 5.13 Å². The zero-order chi connectivity index (χ0) is 18.5. The number of nitrogens with zero attached hydrogens (tertiary/aromatic N) is 6. The molecule has 0 fully saturated rings. The van der Waals surface area contributed by atoms with Crippen molar-refractivity contribution in [3.8, 4) is 5.13 Å². The molecule has 4 aromatic heterocycles. The molecule has 6 nitrogen and oxygen atoms in total. The van der Waals surface area contributed by atoms with Gasteiger partial charge in [-0.2, -0.15) is 5.10 Å². The molecular weight excluding hydrogens is 359 g/mol. The smallest absolute Gasteiger partial charge is 0.251 e. The van der Waals surface area contributed by atoms with E-state index in [2.05, 4.69) is 43.9 Å². The second kappa shape index (κ2) is 8.58. The molecule has 4 rings (SSSR count). The van der Waals surface area contributed by atoms with Crippen LogP contribution in [0.15, 0.2) is 42.3 Å². The number of imidazole rings is 1. The topological polar surface area (TPSA) is 61.4 Å². The number of aromatic nitrogens is 6. The first kappa shape index (κ1) is 18.8. The Morgan fingerprint density at radius 2 is 1.92 bits per heavy atom. The highest BCUT2D eigenvalue weighted by Crippen LogP contribution is 2.19. The van der Waals surface area contributed by atoms with E-state index in [1.54, 1.807) is 29.9 Å². The first-order valence-electron chi connectivity index (χ1n) is 8.82. The van der Waals surface area contributed by atoms with E-state index in [4.69, 9.17) is 4.98 Å². The van der Waals surface area contributed by atoms with E-state index >= 15 is 0 Å². The van der Waals surface area contributed by atoms with Gasteiger partial charge < -0.3 is 4.57 Å². The molecule has 0 bridgehead atoms. The van der Waals surface area contributed by atoms with E-state index in [1.807, 2.05) is 28.4 Å². The summed E-state index contributed by atoms with van der Waals surface area (Å²) < 4.78 is 4.10. The molecule has 0 radical (unpaired) electrons. The number of pyridine rings is 1. The molecule has 4 aromatic rings. The Bertz CT molecular complexity index is 955. The van der Waals surface area contributed by atoms with Gasteiger partial charge in [0, 0.05) is 36.9 Å². The van der Waals surface area contributed by atoms with Crippen LogP contribution in [0.2, 0.25) is 17.4 Å². The van der Waals surface area contributed by atoms with Gasteiger partial charge in [-0.05, 0) is 19.1 Å². The summed E-state index contributed by atoms with van der Waals surface area (Å²) in [5, 5.41) is 7.21. The summed E-state index contributed by atoms with van der Waals surface area (Å²) in [6, 6.07) is 4.02. The second-order valence-corrected chi connectivity index (χ2v) is 10.9. The first-order valence-corrected chi connectivity index (χ1v) is 13.2. The highest BCUT2D eigenvalue weighted by Gasteiger charge is 2.14.